The summed E-state index contributed by atoms with van der Waals surface area (Å²) in [4.78, 5) is 43.3. The van der Waals surface area contributed by atoms with Gasteiger partial charge in [0.25, 0.3) is 5.91 Å². The average molecular weight is 587 g/mol. The number of rotatable bonds is 12. The number of carboxylic acids is 1. The van der Waals surface area contributed by atoms with Crippen molar-refractivity contribution >= 4 is 63.1 Å². The van der Waals surface area contributed by atoms with Gasteiger partial charge >= 0.3 is 5.97 Å². The van der Waals surface area contributed by atoms with Crippen LogP contribution >= 0.6 is 35.3 Å². The molecule has 2 aliphatic heterocycles. The molecule has 2 atom stereocenters. The van der Waals surface area contributed by atoms with Gasteiger partial charge < -0.3 is 10.4 Å². The molecule has 2 amide bonds. The minimum Gasteiger partial charge on any atom is -0.477 e. The normalized spacial score (nSPS) is 19.4. The van der Waals surface area contributed by atoms with E-state index in [1.165, 1.54) is 44.9 Å². The van der Waals surface area contributed by atoms with Crippen molar-refractivity contribution in [3.05, 3.63) is 35.8 Å². The van der Waals surface area contributed by atoms with Crippen LogP contribution in [0.1, 0.15) is 0 Å². The summed E-state index contributed by atoms with van der Waals surface area (Å²) in [5.74, 6) is -1.35. The second-order valence-corrected chi connectivity index (χ2v) is 12.8. The van der Waals surface area contributed by atoms with Gasteiger partial charge in [-0.1, -0.05) is 11.8 Å². The maximum Gasteiger partial charge on any atom is 0.352 e. The van der Waals surface area contributed by atoms with E-state index in [1.54, 1.807) is 24.5 Å². The zero-order valence-electron chi connectivity index (χ0n) is 19.3. The zero-order valence-corrected chi connectivity index (χ0v) is 22.6. The topological polar surface area (TPSA) is 189 Å². The molecule has 2 aliphatic rings. The smallest absolute Gasteiger partial charge is 0.352 e. The number of sulfonamides is 1. The number of pyridine rings is 1. The van der Waals surface area contributed by atoms with Gasteiger partial charge in [0.15, 0.2) is 0 Å². The number of hydrogen-bond acceptors (Lipinski definition) is 12. The predicted molar refractivity (Wildman–Crippen MR) is 136 cm³/mol. The van der Waals surface area contributed by atoms with E-state index >= 15 is 0 Å². The highest BCUT2D eigenvalue weighted by atomic mass is 32.2. The molecule has 0 bridgehead atoms. The lowest BCUT2D eigenvalue weighted by molar-refractivity contribution is -0.150. The summed E-state index contributed by atoms with van der Waals surface area (Å²) >= 11 is 3.87. The summed E-state index contributed by atoms with van der Waals surface area (Å²) in [6.07, 6.45) is 4.29. The maximum absolute atomic E-state index is 12.8. The number of carbonyl (C=O) groups is 3. The number of hydrogen-bond donors (Lipinski definition) is 3. The van der Waals surface area contributed by atoms with Gasteiger partial charge in [-0.15, -0.1) is 28.6 Å². The molecule has 0 unspecified atom stereocenters. The van der Waals surface area contributed by atoms with E-state index in [1.807, 2.05) is 0 Å². The third-order valence-corrected chi connectivity index (χ3v) is 9.27. The zero-order chi connectivity index (χ0) is 26.6. The summed E-state index contributed by atoms with van der Waals surface area (Å²) in [6, 6.07) is 2.76. The van der Waals surface area contributed by atoms with Crippen molar-refractivity contribution in [2.45, 2.75) is 28.0 Å². The Morgan fingerprint density at radius 1 is 1.27 bits per heavy atom. The number of aromatic nitrogens is 5. The number of β-lactam (4-membered cyclic amide) rings is 1. The molecular weight excluding hydrogens is 565 g/mol. The molecule has 1 saturated heterocycles. The first-order valence-electron chi connectivity index (χ1n) is 10.7. The molecule has 0 aromatic carbocycles. The summed E-state index contributed by atoms with van der Waals surface area (Å²) in [5, 5.41) is 23.8. The molecule has 37 heavy (non-hydrogen) atoms. The number of thioether (sulfide) groups is 3. The van der Waals surface area contributed by atoms with Crippen LogP contribution in [-0.4, -0.2) is 103 Å². The Balaban J connectivity index is 1.36. The molecule has 0 radical (unpaired) electrons. The van der Waals surface area contributed by atoms with E-state index < -0.39 is 33.3 Å². The molecule has 2 aromatic heterocycles. The van der Waals surface area contributed by atoms with E-state index in [2.05, 4.69) is 30.5 Å². The number of carbonyl (C=O) groups excluding carboxylic acids is 2. The van der Waals surface area contributed by atoms with Gasteiger partial charge in [-0.3, -0.25) is 19.5 Å². The first kappa shape index (κ1) is 27.4. The van der Waals surface area contributed by atoms with Gasteiger partial charge in [-0.2, -0.15) is 0 Å². The quantitative estimate of drug-likeness (QED) is 0.208. The second-order valence-electron chi connectivity index (χ2n) is 7.82. The lowest BCUT2D eigenvalue weighted by atomic mass is 10.0. The minimum atomic E-state index is -3.36. The van der Waals surface area contributed by atoms with Crippen LogP contribution in [0.4, 0.5) is 0 Å². The summed E-state index contributed by atoms with van der Waals surface area (Å²) in [7, 11) is -3.36. The highest BCUT2D eigenvalue weighted by Crippen LogP contribution is 2.41. The van der Waals surface area contributed by atoms with Gasteiger partial charge in [0.1, 0.15) is 17.1 Å². The average Bonchev–Trinajstić information content (AvgIpc) is 3.31. The molecule has 198 valence electrons. The van der Waals surface area contributed by atoms with Gasteiger partial charge in [0.05, 0.1) is 18.6 Å². The number of fused-ring (bicyclic) bond motifs is 1. The van der Waals surface area contributed by atoms with Crippen LogP contribution in [0.3, 0.4) is 0 Å². The highest BCUT2D eigenvalue weighted by Gasteiger charge is 2.54. The Bertz CT molecular complexity index is 1320. The van der Waals surface area contributed by atoms with Crippen molar-refractivity contribution in [1.29, 1.82) is 0 Å². The van der Waals surface area contributed by atoms with Gasteiger partial charge in [0, 0.05) is 35.3 Å². The Morgan fingerprint density at radius 3 is 2.73 bits per heavy atom. The van der Waals surface area contributed by atoms with Crippen LogP contribution in [-0.2, 0) is 31.0 Å². The fourth-order valence-corrected chi connectivity index (χ4v) is 7.07. The van der Waals surface area contributed by atoms with Crippen molar-refractivity contribution in [2.75, 3.05) is 30.1 Å². The highest BCUT2D eigenvalue weighted by molar-refractivity contribution is 8.01. The predicted octanol–water partition coefficient (Wildman–Crippen LogP) is -0.760. The van der Waals surface area contributed by atoms with Crippen LogP contribution in [0.25, 0.3) is 0 Å². The van der Waals surface area contributed by atoms with E-state index in [4.69, 9.17) is 0 Å². The van der Waals surface area contributed by atoms with E-state index in [-0.39, 0.29) is 36.2 Å². The Hall–Kier alpha value is -2.67. The summed E-state index contributed by atoms with van der Waals surface area (Å²) in [5.41, 5.74) is 0.421. The third kappa shape index (κ3) is 6.81. The molecule has 2 aromatic rings. The van der Waals surface area contributed by atoms with Crippen molar-refractivity contribution in [3.63, 3.8) is 0 Å². The molecule has 1 fully saturated rings. The van der Waals surface area contributed by atoms with Crippen LogP contribution in [0.15, 0.2) is 45.8 Å². The number of tetrazole rings is 1. The van der Waals surface area contributed by atoms with E-state index in [0.29, 0.717) is 16.5 Å². The van der Waals surface area contributed by atoms with Crippen molar-refractivity contribution < 1.29 is 27.9 Å². The molecule has 0 aliphatic carbocycles. The molecule has 4 heterocycles. The molecule has 14 nitrogen and oxygen atoms in total. The molecule has 3 N–H and O–H groups in total. The molecule has 18 heteroatoms. The SMILES string of the molecule is CS(=O)(=O)NCCn1nnnc1SCC1=C(C(=O)O)N2C(=O)[C@@H](NC(=O)CSc3ccncc3)[C@H]2SC1. The lowest BCUT2D eigenvalue weighted by Crippen LogP contribution is -2.70. The lowest BCUT2D eigenvalue weighted by Gasteiger charge is -2.49. The molecule has 0 spiro atoms. The van der Waals surface area contributed by atoms with Crippen LogP contribution in [0.5, 0.6) is 0 Å². The van der Waals surface area contributed by atoms with Crippen molar-refractivity contribution in [3.8, 4) is 0 Å². The van der Waals surface area contributed by atoms with Crippen LogP contribution in [0, 0.1) is 0 Å². The monoisotopic (exact) mass is 586 g/mol. The molecular formula is C19H22N8O6S4. The van der Waals surface area contributed by atoms with E-state index in [9.17, 15) is 27.9 Å². The van der Waals surface area contributed by atoms with Gasteiger partial charge in [-0.25, -0.2) is 22.6 Å². The minimum absolute atomic E-state index is 0.0918. The maximum atomic E-state index is 12.8. The van der Waals surface area contributed by atoms with Crippen LogP contribution in [0.2, 0.25) is 0 Å². The summed E-state index contributed by atoms with van der Waals surface area (Å²) in [6.45, 7) is 0.282. The Kier molecular flexibility index (Phi) is 8.73. The van der Waals surface area contributed by atoms with Gasteiger partial charge in [-0.05, 0) is 28.1 Å². The number of nitrogens with zero attached hydrogens (tertiary/aromatic N) is 6. The standard InChI is InChI=1S/C19H22N8O6S4/c1-37(32,33)21-6-7-26-19(23-24-25-26)36-9-11-8-35-17-14(16(29)27(17)15(11)18(30)31)22-13(28)10-34-12-2-4-20-5-3-12/h2-5,14,17,21H,6-10H2,1H3,(H,22,28)(H,30,31)/t14-,17-/m1/s1. The summed E-state index contributed by atoms with van der Waals surface area (Å²) < 4.78 is 26.2. The number of amides is 2. The molecule has 0 saturated carbocycles. The van der Waals surface area contributed by atoms with Crippen molar-refractivity contribution in [1.82, 2.24) is 40.1 Å². The second kappa shape index (κ2) is 11.8. The first-order chi connectivity index (χ1) is 17.6. The van der Waals surface area contributed by atoms with E-state index in [0.717, 1.165) is 11.2 Å². The Labute approximate surface area is 224 Å². The fraction of sp³-hybridized carbons (Fsp3) is 0.421. The number of nitrogens with one attached hydrogen (secondary N) is 2. The number of aliphatic carboxylic acids is 1. The number of carboxylic acid groups (broad SMARTS) is 1. The van der Waals surface area contributed by atoms with Crippen molar-refractivity contribution in [2.24, 2.45) is 0 Å². The van der Waals surface area contributed by atoms with Crippen LogP contribution < -0.4 is 10.0 Å². The third-order valence-electron chi connectivity index (χ3n) is 5.15. The first-order valence-corrected chi connectivity index (χ1v) is 15.6. The largest absolute Gasteiger partial charge is 0.477 e. The fourth-order valence-electron chi connectivity index (χ4n) is 3.52. The van der Waals surface area contributed by atoms with Gasteiger partial charge in [0.2, 0.25) is 21.1 Å². The molecule has 4 rings (SSSR count). The Morgan fingerprint density at radius 2 is 2.03 bits per heavy atom.